The van der Waals surface area contributed by atoms with Crippen LogP contribution in [0.3, 0.4) is 0 Å². The molecule has 0 bridgehead atoms. The van der Waals surface area contributed by atoms with Gasteiger partial charge in [0.05, 0.1) is 11.3 Å². The third-order valence-corrected chi connectivity index (χ3v) is 3.11. The molecule has 0 aliphatic rings. The number of benzene rings is 1. The number of hydrogen-bond acceptors (Lipinski definition) is 3. The summed E-state index contributed by atoms with van der Waals surface area (Å²) in [4.78, 5) is 0. The first-order chi connectivity index (χ1) is 9.50. The topological polar surface area (TPSA) is 56.2 Å². The molecule has 0 unspecified atom stereocenters. The van der Waals surface area contributed by atoms with Crippen molar-refractivity contribution in [2.45, 2.75) is 0 Å². The SMILES string of the molecule is Nc1ccc(Cl)n2c(-c3ccc(F)c(F)c3F)nnc12. The molecule has 2 heterocycles. The number of nitrogen functional groups attached to an aromatic ring is 1. The quantitative estimate of drug-likeness (QED) is 0.555. The number of pyridine rings is 1. The Morgan fingerprint density at radius 1 is 1.00 bits per heavy atom. The van der Waals surface area contributed by atoms with Crippen molar-refractivity contribution in [1.29, 1.82) is 0 Å². The average Bonchev–Trinajstić information content (AvgIpc) is 2.86. The van der Waals surface area contributed by atoms with E-state index in [9.17, 15) is 13.2 Å². The lowest BCUT2D eigenvalue weighted by Gasteiger charge is -2.05. The van der Waals surface area contributed by atoms with Gasteiger partial charge in [0.1, 0.15) is 5.15 Å². The van der Waals surface area contributed by atoms with Gasteiger partial charge in [-0.2, -0.15) is 0 Å². The molecule has 0 aliphatic carbocycles. The van der Waals surface area contributed by atoms with Gasteiger partial charge in [-0.15, -0.1) is 10.2 Å². The molecule has 0 fully saturated rings. The summed E-state index contributed by atoms with van der Waals surface area (Å²) in [7, 11) is 0. The number of anilines is 1. The Morgan fingerprint density at radius 2 is 1.75 bits per heavy atom. The van der Waals surface area contributed by atoms with Crippen molar-refractivity contribution in [3.63, 3.8) is 0 Å². The summed E-state index contributed by atoms with van der Waals surface area (Å²) in [6, 6.07) is 4.84. The molecule has 0 radical (unpaired) electrons. The number of aromatic nitrogens is 3. The smallest absolute Gasteiger partial charge is 0.195 e. The van der Waals surface area contributed by atoms with Gasteiger partial charge in [0.15, 0.2) is 28.9 Å². The molecule has 3 rings (SSSR count). The minimum absolute atomic E-state index is 0.0614. The second kappa shape index (κ2) is 4.38. The monoisotopic (exact) mass is 298 g/mol. The third-order valence-electron chi connectivity index (χ3n) is 2.81. The van der Waals surface area contributed by atoms with Crippen molar-refractivity contribution in [2.75, 3.05) is 5.73 Å². The van der Waals surface area contributed by atoms with E-state index < -0.39 is 17.5 Å². The Hall–Kier alpha value is -2.28. The highest BCUT2D eigenvalue weighted by atomic mass is 35.5. The van der Waals surface area contributed by atoms with Gasteiger partial charge in [-0.05, 0) is 24.3 Å². The van der Waals surface area contributed by atoms with Gasteiger partial charge in [0.25, 0.3) is 0 Å². The summed E-state index contributed by atoms with van der Waals surface area (Å²) >= 11 is 5.99. The predicted octanol–water partition coefficient (Wildman–Crippen LogP) is 3.05. The van der Waals surface area contributed by atoms with E-state index in [-0.39, 0.29) is 27.9 Å². The van der Waals surface area contributed by atoms with Crippen LogP contribution in [0.25, 0.3) is 17.0 Å². The van der Waals surface area contributed by atoms with Crippen LogP contribution in [0.4, 0.5) is 18.9 Å². The van der Waals surface area contributed by atoms with Crippen molar-refractivity contribution in [2.24, 2.45) is 0 Å². The fourth-order valence-electron chi connectivity index (χ4n) is 1.85. The first kappa shape index (κ1) is 12.7. The highest BCUT2D eigenvalue weighted by molar-refractivity contribution is 6.30. The molecule has 3 aromatic rings. The van der Waals surface area contributed by atoms with Crippen molar-refractivity contribution in [3.05, 3.63) is 46.9 Å². The van der Waals surface area contributed by atoms with Gasteiger partial charge >= 0.3 is 0 Å². The minimum atomic E-state index is -1.58. The zero-order valence-electron chi connectivity index (χ0n) is 9.74. The zero-order valence-corrected chi connectivity index (χ0v) is 10.5. The van der Waals surface area contributed by atoms with Crippen molar-refractivity contribution in [3.8, 4) is 11.4 Å². The van der Waals surface area contributed by atoms with Gasteiger partial charge in [-0.1, -0.05) is 11.6 Å². The Kier molecular flexibility index (Phi) is 2.79. The first-order valence-corrected chi connectivity index (χ1v) is 5.81. The van der Waals surface area contributed by atoms with E-state index in [1.807, 2.05) is 0 Å². The number of nitrogens with zero attached hydrogens (tertiary/aromatic N) is 3. The summed E-state index contributed by atoms with van der Waals surface area (Å²) in [5.41, 5.74) is 5.92. The molecule has 0 saturated heterocycles. The van der Waals surface area contributed by atoms with E-state index in [2.05, 4.69) is 10.2 Å². The lowest BCUT2D eigenvalue weighted by molar-refractivity contribution is 0.448. The molecular formula is C12H6ClF3N4. The molecule has 2 aromatic heterocycles. The maximum absolute atomic E-state index is 13.8. The van der Waals surface area contributed by atoms with Gasteiger partial charge in [-0.25, -0.2) is 13.2 Å². The molecule has 102 valence electrons. The molecule has 0 amide bonds. The molecule has 0 aliphatic heterocycles. The normalized spacial score (nSPS) is 11.2. The number of rotatable bonds is 1. The molecule has 20 heavy (non-hydrogen) atoms. The van der Waals surface area contributed by atoms with Crippen LogP contribution in [-0.2, 0) is 0 Å². The van der Waals surface area contributed by atoms with Crippen LogP contribution in [-0.4, -0.2) is 14.6 Å². The molecule has 4 nitrogen and oxygen atoms in total. The van der Waals surface area contributed by atoms with Gasteiger partial charge < -0.3 is 5.73 Å². The van der Waals surface area contributed by atoms with Crippen LogP contribution >= 0.6 is 11.6 Å². The van der Waals surface area contributed by atoms with E-state index in [1.165, 1.54) is 16.5 Å². The fraction of sp³-hybridized carbons (Fsp3) is 0. The van der Waals surface area contributed by atoms with Crippen molar-refractivity contribution in [1.82, 2.24) is 14.6 Å². The minimum Gasteiger partial charge on any atom is -0.396 e. The molecule has 1 aromatic carbocycles. The fourth-order valence-corrected chi connectivity index (χ4v) is 2.08. The second-order valence-corrected chi connectivity index (χ2v) is 4.40. The first-order valence-electron chi connectivity index (χ1n) is 5.43. The lowest BCUT2D eigenvalue weighted by Crippen LogP contribution is -1.99. The number of halogens is 4. The average molecular weight is 299 g/mol. The maximum Gasteiger partial charge on any atom is 0.195 e. The van der Waals surface area contributed by atoms with E-state index in [4.69, 9.17) is 17.3 Å². The van der Waals surface area contributed by atoms with Crippen LogP contribution in [0.2, 0.25) is 5.15 Å². The predicted molar refractivity (Wildman–Crippen MR) is 67.7 cm³/mol. The Morgan fingerprint density at radius 3 is 2.50 bits per heavy atom. The number of nitrogens with two attached hydrogens (primary N) is 1. The van der Waals surface area contributed by atoms with Crippen LogP contribution < -0.4 is 5.73 Å². The van der Waals surface area contributed by atoms with E-state index in [0.717, 1.165) is 12.1 Å². The van der Waals surface area contributed by atoms with Gasteiger partial charge in [0.2, 0.25) is 0 Å². The van der Waals surface area contributed by atoms with Crippen LogP contribution in [0, 0.1) is 17.5 Å². The van der Waals surface area contributed by atoms with Gasteiger partial charge in [0, 0.05) is 0 Å². The molecule has 8 heteroatoms. The highest BCUT2D eigenvalue weighted by Gasteiger charge is 2.20. The van der Waals surface area contributed by atoms with Crippen LogP contribution in [0.5, 0.6) is 0 Å². The van der Waals surface area contributed by atoms with Gasteiger partial charge in [-0.3, -0.25) is 4.40 Å². The van der Waals surface area contributed by atoms with E-state index >= 15 is 0 Å². The summed E-state index contributed by atoms with van der Waals surface area (Å²) in [6.07, 6.45) is 0. The molecule has 0 saturated carbocycles. The second-order valence-electron chi connectivity index (χ2n) is 4.02. The lowest BCUT2D eigenvalue weighted by atomic mass is 10.2. The van der Waals surface area contributed by atoms with Crippen LogP contribution in [0.1, 0.15) is 0 Å². The summed E-state index contributed by atoms with van der Waals surface area (Å²) in [5, 5.41) is 7.67. The Bertz CT molecular complexity index is 831. The number of hydrogen-bond donors (Lipinski definition) is 1. The highest BCUT2D eigenvalue weighted by Crippen LogP contribution is 2.28. The molecule has 0 atom stereocenters. The Balaban J connectivity index is 2.37. The third kappa shape index (κ3) is 1.70. The molecular weight excluding hydrogens is 293 g/mol. The summed E-state index contributed by atoms with van der Waals surface area (Å²) in [5.74, 6) is -4.29. The summed E-state index contributed by atoms with van der Waals surface area (Å²) in [6.45, 7) is 0. The zero-order chi connectivity index (χ0) is 14.4. The molecule has 2 N–H and O–H groups in total. The molecule has 0 spiro atoms. The number of fused-ring (bicyclic) bond motifs is 1. The maximum atomic E-state index is 13.8. The summed E-state index contributed by atoms with van der Waals surface area (Å²) < 4.78 is 41.3. The van der Waals surface area contributed by atoms with Crippen molar-refractivity contribution < 1.29 is 13.2 Å². The van der Waals surface area contributed by atoms with Crippen molar-refractivity contribution >= 4 is 22.9 Å². The Labute approximate surface area is 115 Å². The van der Waals surface area contributed by atoms with Crippen LogP contribution in [0.15, 0.2) is 24.3 Å². The standard InChI is InChI=1S/C12H6ClF3N4/c13-8-4-3-7(17)12-19-18-11(20(8)12)5-1-2-6(14)10(16)9(5)15/h1-4H,17H2. The van der Waals surface area contributed by atoms with E-state index in [1.54, 1.807) is 0 Å². The van der Waals surface area contributed by atoms with E-state index in [0.29, 0.717) is 0 Å². The largest absolute Gasteiger partial charge is 0.396 e.